The normalized spacial score (nSPS) is 15.4. The number of benzene rings is 1. The summed E-state index contributed by atoms with van der Waals surface area (Å²) in [6.07, 6.45) is 3.11. The van der Waals surface area contributed by atoms with E-state index in [-0.39, 0.29) is 6.42 Å². The Labute approximate surface area is 116 Å². The summed E-state index contributed by atoms with van der Waals surface area (Å²) in [6, 6.07) is 6.36. The van der Waals surface area contributed by atoms with Crippen molar-refractivity contribution in [1.29, 1.82) is 0 Å². The fraction of sp³-hybridized carbons (Fsp3) is 0.500. The summed E-state index contributed by atoms with van der Waals surface area (Å²) in [6.45, 7) is 3.06. The molecule has 0 saturated heterocycles. The van der Waals surface area contributed by atoms with Crippen molar-refractivity contribution in [2.24, 2.45) is 0 Å². The van der Waals surface area contributed by atoms with Crippen molar-refractivity contribution >= 4 is 21.9 Å². The molecule has 3 nitrogen and oxygen atoms in total. The molecule has 0 amide bonds. The summed E-state index contributed by atoms with van der Waals surface area (Å²) >= 11 is 3.60. The Kier molecular flexibility index (Phi) is 4.78. The predicted octanol–water partition coefficient (Wildman–Crippen LogP) is 3.06. The highest BCUT2D eigenvalue weighted by Crippen LogP contribution is 2.26. The third-order valence-corrected chi connectivity index (χ3v) is 4.15. The summed E-state index contributed by atoms with van der Waals surface area (Å²) in [7, 11) is 0. The van der Waals surface area contributed by atoms with Crippen LogP contribution in [0.15, 0.2) is 22.7 Å². The van der Waals surface area contributed by atoms with Crippen molar-refractivity contribution in [3.8, 4) is 0 Å². The first-order valence-corrected chi connectivity index (χ1v) is 7.16. The summed E-state index contributed by atoms with van der Waals surface area (Å²) in [5.41, 5.74) is 2.83. The van der Waals surface area contributed by atoms with Gasteiger partial charge in [-0.1, -0.05) is 28.1 Å². The lowest BCUT2D eigenvalue weighted by Crippen LogP contribution is -2.31. The maximum absolute atomic E-state index is 10.4. The maximum atomic E-state index is 10.4. The van der Waals surface area contributed by atoms with Crippen molar-refractivity contribution in [2.75, 3.05) is 13.1 Å². The van der Waals surface area contributed by atoms with Crippen LogP contribution in [0.3, 0.4) is 0 Å². The van der Waals surface area contributed by atoms with Gasteiger partial charge in [0.05, 0.1) is 0 Å². The molecule has 1 N–H and O–H groups in total. The van der Waals surface area contributed by atoms with Crippen LogP contribution in [0.2, 0.25) is 0 Å². The molecule has 0 aliphatic carbocycles. The van der Waals surface area contributed by atoms with E-state index in [4.69, 9.17) is 5.11 Å². The van der Waals surface area contributed by atoms with Gasteiger partial charge in [-0.25, -0.2) is 0 Å². The highest BCUT2D eigenvalue weighted by Gasteiger charge is 2.17. The van der Waals surface area contributed by atoms with Crippen LogP contribution in [-0.4, -0.2) is 29.1 Å². The smallest absolute Gasteiger partial charge is 0.303 e. The van der Waals surface area contributed by atoms with Gasteiger partial charge in [0.2, 0.25) is 0 Å². The Bertz CT molecular complexity index is 434. The average Bonchev–Trinajstić information content (AvgIpc) is 2.35. The number of fused-ring (bicyclic) bond motifs is 1. The molecule has 0 saturated carbocycles. The quantitative estimate of drug-likeness (QED) is 0.850. The number of carbonyl (C=O) groups is 1. The number of carboxylic acid groups (broad SMARTS) is 1. The van der Waals surface area contributed by atoms with Gasteiger partial charge in [-0.05, 0) is 43.0 Å². The monoisotopic (exact) mass is 311 g/mol. The molecule has 0 spiro atoms. The molecule has 1 heterocycles. The first-order valence-electron chi connectivity index (χ1n) is 6.37. The predicted molar refractivity (Wildman–Crippen MR) is 74.6 cm³/mol. The second kappa shape index (κ2) is 6.34. The molecule has 98 valence electrons. The molecule has 2 rings (SSSR count). The Morgan fingerprint density at radius 1 is 1.39 bits per heavy atom. The summed E-state index contributed by atoms with van der Waals surface area (Å²) in [4.78, 5) is 12.8. The van der Waals surface area contributed by atoms with Crippen LogP contribution in [0, 0.1) is 0 Å². The molecule has 18 heavy (non-hydrogen) atoms. The van der Waals surface area contributed by atoms with Gasteiger partial charge in [0, 0.05) is 24.0 Å². The number of rotatable bonds is 5. The second-order valence-electron chi connectivity index (χ2n) is 4.75. The highest BCUT2D eigenvalue weighted by molar-refractivity contribution is 9.10. The molecule has 0 aromatic heterocycles. The number of hydrogen-bond donors (Lipinski definition) is 1. The zero-order valence-corrected chi connectivity index (χ0v) is 11.9. The molecule has 0 bridgehead atoms. The number of aliphatic carboxylic acids is 1. The number of hydrogen-bond acceptors (Lipinski definition) is 2. The summed E-state index contributed by atoms with van der Waals surface area (Å²) in [5, 5.41) is 8.59. The van der Waals surface area contributed by atoms with Crippen LogP contribution in [0.25, 0.3) is 0 Å². The number of unbranched alkanes of at least 4 members (excludes halogenated alkanes) is 1. The molecule has 1 aromatic rings. The van der Waals surface area contributed by atoms with E-state index in [0.717, 1.165) is 38.9 Å². The Hall–Kier alpha value is -0.870. The lowest BCUT2D eigenvalue weighted by molar-refractivity contribution is -0.137. The molecular weight excluding hydrogens is 294 g/mol. The zero-order valence-electron chi connectivity index (χ0n) is 10.4. The van der Waals surface area contributed by atoms with Crippen molar-refractivity contribution in [3.63, 3.8) is 0 Å². The van der Waals surface area contributed by atoms with Crippen molar-refractivity contribution in [2.45, 2.75) is 32.2 Å². The summed E-state index contributed by atoms with van der Waals surface area (Å²) < 4.78 is 1.21. The Morgan fingerprint density at radius 3 is 3.00 bits per heavy atom. The van der Waals surface area contributed by atoms with Gasteiger partial charge in [-0.3, -0.25) is 9.69 Å². The molecule has 0 unspecified atom stereocenters. The van der Waals surface area contributed by atoms with Gasteiger partial charge in [0.1, 0.15) is 0 Å². The summed E-state index contributed by atoms with van der Waals surface area (Å²) in [5.74, 6) is -0.692. The van der Waals surface area contributed by atoms with E-state index < -0.39 is 5.97 Å². The van der Waals surface area contributed by atoms with Crippen molar-refractivity contribution in [1.82, 2.24) is 4.90 Å². The van der Waals surface area contributed by atoms with Crippen LogP contribution >= 0.6 is 15.9 Å². The van der Waals surface area contributed by atoms with Crippen molar-refractivity contribution in [3.05, 3.63) is 33.8 Å². The molecular formula is C14H18BrNO2. The Morgan fingerprint density at radius 2 is 2.22 bits per heavy atom. The molecule has 1 aliphatic rings. The lowest BCUT2D eigenvalue weighted by atomic mass is 9.99. The van der Waals surface area contributed by atoms with E-state index in [1.54, 1.807) is 0 Å². The van der Waals surface area contributed by atoms with Crippen molar-refractivity contribution < 1.29 is 9.90 Å². The standard InChI is InChI=1S/C14H18BrNO2/c15-13-5-3-4-11-10-16(9-7-12(11)13)8-2-1-6-14(17)18/h3-5H,1-2,6-10H2,(H,17,18). The molecule has 1 aromatic carbocycles. The van der Waals surface area contributed by atoms with Crippen LogP contribution < -0.4 is 0 Å². The minimum Gasteiger partial charge on any atom is -0.481 e. The Balaban J connectivity index is 1.83. The van der Waals surface area contributed by atoms with E-state index in [1.165, 1.54) is 15.6 Å². The van der Waals surface area contributed by atoms with E-state index in [2.05, 4.69) is 39.0 Å². The van der Waals surface area contributed by atoms with Crippen LogP contribution in [-0.2, 0) is 17.8 Å². The minimum atomic E-state index is -0.692. The number of halogens is 1. The van der Waals surface area contributed by atoms with Crippen LogP contribution in [0.1, 0.15) is 30.4 Å². The third kappa shape index (κ3) is 3.56. The first-order chi connectivity index (χ1) is 8.66. The lowest BCUT2D eigenvalue weighted by Gasteiger charge is -2.29. The van der Waals surface area contributed by atoms with Gasteiger partial charge in [-0.15, -0.1) is 0 Å². The van der Waals surface area contributed by atoms with Gasteiger partial charge < -0.3 is 5.11 Å². The molecule has 0 fully saturated rings. The van der Waals surface area contributed by atoms with E-state index in [9.17, 15) is 4.79 Å². The van der Waals surface area contributed by atoms with E-state index >= 15 is 0 Å². The van der Waals surface area contributed by atoms with E-state index in [0.29, 0.717) is 0 Å². The first kappa shape index (κ1) is 13.6. The fourth-order valence-electron chi connectivity index (χ4n) is 2.42. The molecule has 4 heteroatoms. The topological polar surface area (TPSA) is 40.5 Å². The van der Waals surface area contributed by atoms with Gasteiger partial charge >= 0.3 is 5.97 Å². The molecule has 1 aliphatic heterocycles. The SMILES string of the molecule is O=C(O)CCCCN1CCc2c(Br)cccc2C1. The van der Waals surface area contributed by atoms with Crippen LogP contribution in [0.4, 0.5) is 0 Å². The minimum absolute atomic E-state index is 0.288. The largest absolute Gasteiger partial charge is 0.481 e. The van der Waals surface area contributed by atoms with E-state index in [1.807, 2.05) is 0 Å². The molecule has 0 radical (unpaired) electrons. The second-order valence-corrected chi connectivity index (χ2v) is 5.61. The number of carboxylic acids is 1. The molecule has 0 atom stereocenters. The fourth-order valence-corrected chi connectivity index (χ4v) is 3.03. The van der Waals surface area contributed by atoms with Gasteiger partial charge in [0.15, 0.2) is 0 Å². The third-order valence-electron chi connectivity index (χ3n) is 3.40. The zero-order chi connectivity index (χ0) is 13.0. The maximum Gasteiger partial charge on any atom is 0.303 e. The van der Waals surface area contributed by atoms with Gasteiger partial charge in [0.25, 0.3) is 0 Å². The van der Waals surface area contributed by atoms with Crippen LogP contribution in [0.5, 0.6) is 0 Å². The number of nitrogens with zero attached hydrogens (tertiary/aromatic N) is 1. The average molecular weight is 312 g/mol. The van der Waals surface area contributed by atoms with Gasteiger partial charge in [-0.2, -0.15) is 0 Å². The highest BCUT2D eigenvalue weighted by atomic mass is 79.9.